The number of hydrogen-bond acceptors (Lipinski definition) is 4. The van der Waals surface area contributed by atoms with Crippen molar-refractivity contribution in [2.24, 2.45) is 5.73 Å². The SMILES string of the molecule is CCC(C)(OC)C(N)Cc1nc(C)c(C)s1. The Hall–Kier alpha value is -0.450. The van der Waals surface area contributed by atoms with Crippen LogP contribution in [0.15, 0.2) is 0 Å². The lowest BCUT2D eigenvalue weighted by molar-refractivity contribution is -0.0184. The molecule has 1 aromatic heterocycles. The van der Waals surface area contributed by atoms with Crippen molar-refractivity contribution in [1.29, 1.82) is 0 Å². The highest BCUT2D eigenvalue weighted by Crippen LogP contribution is 2.23. The number of rotatable bonds is 5. The van der Waals surface area contributed by atoms with E-state index in [1.165, 1.54) is 4.88 Å². The van der Waals surface area contributed by atoms with E-state index in [0.29, 0.717) is 0 Å². The smallest absolute Gasteiger partial charge is 0.0947 e. The lowest BCUT2D eigenvalue weighted by atomic mass is 9.92. The van der Waals surface area contributed by atoms with Crippen LogP contribution in [0.25, 0.3) is 0 Å². The molecule has 1 rings (SSSR count). The second-order valence-corrected chi connectivity index (χ2v) is 5.72. The average Bonchev–Trinajstić information content (AvgIpc) is 2.56. The quantitative estimate of drug-likeness (QED) is 0.862. The molecule has 0 fully saturated rings. The van der Waals surface area contributed by atoms with E-state index >= 15 is 0 Å². The van der Waals surface area contributed by atoms with Gasteiger partial charge in [0.2, 0.25) is 0 Å². The Morgan fingerprint density at radius 2 is 2.12 bits per heavy atom. The Labute approximate surface area is 102 Å². The molecule has 0 saturated carbocycles. The molecule has 2 N–H and O–H groups in total. The number of hydrogen-bond donors (Lipinski definition) is 1. The molecular weight excluding hydrogens is 220 g/mol. The first-order valence-corrected chi connectivity index (χ1v) is 6.48. The van der Waals surface area contributed by atoms with Gasteiger partial charge in [-0.1, -0.05) is 6.92 Å². The number of thiazole rings is 1. The highest BCUT2D eigenvalue weighted by atomic mass is 32.1. The van der Waals surface area contributed by atoms with E-state index < -0.39 is 0 Å². The van der Waals surface area contributed by atoms with E-state index in [4.69, 9.17) is 10.5 Å². The first-order valence-electron chi connectivity index (χ1n) is 5.66. The number of aryl methyl sites for hydroxylation is 2. The summed E-state index contributed by atoms with van der Waals surface area (Å²) in [6.07, 6.45) is 1.70. The maximum absolute atomic E-state index is 6.21. The molecule has 4 heteroatoms. The van der Waals surface area contributed by atoms with Crippen molar-refractivity contribution in [3.05, 3.63) is 15.6 Å². The van der Waals surface area contributed by atoms with E-state index in [-0.39, 0.29) is 11.6 Å². The van der Waals surface area contributed by atoms with Gasteiger partial charge in [-0.05, 0) is 27.2 Å². The number of aromatic nitrogens is 1. The van der Waals surface area contributed by atoms with Crippen molar-refractivity contribution < 1.29 is 4.74 Å². The Bertz CT molecular complexity index is 325. The Morgan fingerprint density at radius 1 is 1.50 bits per heavy atom. The van der Waals surface area contributed by atoms with Crippen LogP contribution >= 0.6 is 11.3 Å². The number of methoxy groups -OCH3 is 1. The van der Waals surface area contributed by atoms with Crippen LogP contribution in [0, 0.1) is 13.8 Å². The minimum absolute atomic E-state index is 0.00699. The minimum atomic E-state index is -0.256. The van der Waals surface area contributed by atoms with Gasteiger partial charge in [-0.3, -0.25) is 0 Å². The highest BCUT2D eigenvalue weighted by Gasteiger charge is 2.30. The summed E-state index contributed by atoms with van der Waals surface area (Å²) in [5, 5.41) is 1.11. The fourth-order valence-corrected chi connectivity index (χ4v) is 2.58. The summed E-state index contributed by atoms with van der Waals surface area (Å²) in [6, 6.07) is -0.00699. The maximum Gasteiger partial charge on any atom is 0.0947 e. The summed E-state index contributed by atoms with van der Waals surface area (Å²) < 4.78 is 5.51. The van der Waals surface area contributed by atoms with Crippen LogP contribution < -0.4 is 5.73 Å². The molecule has 3 nitrogen and oxygen atoms in total. The van der Waals surface area contributed by atoms with Gasteiger partial charge in [-0.15, -0.1) is 11.3 Å². The topological polar surface area (TPSA) is 48.1 Å². The van der Waals surface area contributed by atoms with Crippen LogP contribution in [0.2, 0.25) is 0 Å². The minimum Gasteiger partial charge on any atom is -0.377 e. The Balaban J connectivity index is 2.74. The van der Waals surface area contributed by atoms with Crippen molar-refractivity contribution in [1.82, 2.24) is 4.98 Å². The van der Waals surface area contributed by atoms with Crippen LogP contribution in [0.4, 0.5) is 0 Å². The predicted molar refractivity (Wildman–Crippen MR) is 69.0 cm³/mol. The van der Waals surface area contributed by atoms with Gasteiger partial charge in [-0.25, -0.2) is 4.98 Å². The van der Waals surface area contributed by atoms with Crippen molar-refractivity contribution in [3.8, 4) is 0 Å². The third-order valence-electron chi connectivity index (χ3n) is 3.42. The molecule has 16 heavy (non-hydrogen) atoms. The molecule has 0 aliphatic heterocycles. The highest BCUT2D eigenvalue weighted by molar-refractivity contribution is 7.11. The average molecular weight is 242 g/mol. The molecule has 2 atom stereocenters. The van der Waals surface area contributed by atoms with Crippen LogP contribution in [-0.4, -0.2) is 23.7 Å². The van der Waals surface area contributed by atoms with E-state index in [2.05, 4.69) is 25.8 Å². The van der Waals surface area contributed by atoms with Crippen LogP contribution in [0.3, 0.4) is 0 Å². The first kappa shape index (κ1) is 13.6. The van der Waals surface area contributed by atoms with Gasteiger partial charge in [0.05, 0.1) is 16.3 Å². The third-order valence-corrected chi connectivity index (χ3v) is 4.52. The van der Waals surface area contributed by atoms with Crippen molar-refractivity contribution in [2.45, 2.75) is 52.2 Å². The number of nitrogens with two attached hydrogens (primary N) is 1. The summed E-state index contributed by atoms with van der Waals surface area (Å²) in [4.78, 5) is 5.79. The van der Waals surface area contributed by atoms with E-state index in [1.54, 1.807) is 18.4 Å². The molecule has 1 heterocycles. The monoisotopic (exact) mass is 242 g/mol. The number of nitrogens with zero attached hydrogens (tertiary/aromatic N) is 1. The van der Waals surface area contributed by atoms with Crippen molar-refractivity contribution in [3.63, 3.8) is 0 Å². The zero-order chi connectivity index (χ0) is 12.3. The summed E-state index contributed by atoms with van der Waals surface area (Å²) >= 11 is 1.73. The molecule has 0 saturated heterocycles. The van der Waals surface area contributed by atoms with Crippen molar-refractivity contribution in [2.75, 3.05) is 7.11 Å². The molecule has 0 radical (unpaired) electrons. The number of ether oxygens (including phenoxy) is 1. The van der Waals surface area contributed by atoms with Crippen LogP contribution in [0.1, 0.15) is 35.8 Å². The van der Waals surface area contributed by atoms with Crippen molar-refractivity contribution >= 4 is 11.3 Å². The van der Waals surface area contributed by atoms with Gasteiger partial charge in [0.15, 0.2) is 0 Å². The zero-order valence-electron chi connectivity index (χ0n) is 10.8. The van der Waals surface area contributed by atoms with Gasteiger partial charge < -0.3 is 10.5 Å². The van der Waals surface area contributed by atoms with Crippen LogP contribution in [0.5, 0.6) is 0 Å². The normalized spacial score (nSPS) is 17.1. The Kier molecular flexibility index (Phi) is 4.47. The first-order chi connectivity index (χ1) is 7.42. The van der Waals surface area contributed by atoms with Gasteiger partial charge in [0.1, 0.15) is 0 Å². The summed E-state index contributed by atoms with van der Waals surface area (Å²) in [6.45, 7) is 8.29. The van der Waals surface area contributed by atoms with Gasteiger partial charge in [0.25, 0.3) is 0 Å². The molecule has 0 spiro atoms. The van der Waals surface area contributed by atoms with E-state index in [0.717, 1.165) is 23.5 Å². The molecule has 0 aromatic carbocycles. The fraction of sp³-hybridized carbons (Fsp3) is 0.750. The molecular formula is C12H22N2OS. The van der Waals surface area contributed by atoms with Gasteiger partial charge in [-0.2, -0.15) is 0 Å². The largest absolute Gasteiger partial charge is 0.377 e. The maximum atomic E-state index is 6.21. The van der Waals surface area contributed by atoms with Gasteiger partial charge >= 0.3 is 0 Å². The van der Waals surface area contributed by atoms with E-state index in [9.17, 15) is 0 Å². The molecule has 2 unspecified atom stereocenters. The molecule has 0 bridgehead atoms. The summed E-state index contributed by atoms with van der Waals surface area (Å²) in [5.74, 6) is 0. The summed E-state index contributed by atoms with van der Waals surface area (Å²) in [7, 11) is 1.72. The van der Waals surface area contributed by atoms with E-state index in [1.807, 2.05) is 6.92 Å². The molecule has 0 aliphatic rings. The molecule has 92 valence electrons. The third kappa shape index (κ3) is 2.81. The lowest BCUT2D eigenvalue weighted by Crippen LogP contribution is -2.48. The second kappa shape index (κ2) is 5.25. The molecule has 0 aliphatic carbocycles. The fourth-order valence-electron chi connectivity index (χ4n) is 1.59. The predicted octanol–water partition coefficient (Wildman–Crippen LogP) is 2.44. The molecule has 1 aromatic rings. The van der Waals surface area contributed by atoms with Crippen LogP contribution in [-0.2, 0) is 11.2 Å². The summed E-state index contributed by atoms with van der Waals surface area (Å²) in [5.41, 5.74) is 7.06. The lowest BCUT2D eigenvalue weighted by Gasteiger charge is -2.32. The molecule has 0 amide bonds. The Morgan fingerprint density at radius 3 is 2.50 bits per heavy atom. The standard InChI is InChI=1S/C12H22N2OS/c1-6-12(4,15-5)10(13)7-11-14-8(2)9(3)16-11/h10H,6-7,13H2,1-5H3. The zero-order valence-corrected chi connectivity index (χ0v) is 11.6. The van der Waals surface area contributed by atoms with Gasteiger partial charge in [0, 0.05) is 24.4 Å². The second-order valence-electron chi connectivity index (χ2n) is 4.43.